The minimum Gasteiger partial charge on any atom is -0.494 e. The van der Waals surface area contributed by atoms with Crippen molar-refractivity contribution in [2.45, 2.75) is 38.6 Å². The Hall–Kier alpha value is -2.63. The molecule has 0 amide bonds. The molecule has 3 heterocycles. The lowest BCUT2D eigenvalue weighted by Crippen LogP contribution is -2.46. The Bertz CT molecular complexity index is 1030. The van der Waals surface area contributed by atoms with Gasteiger partial charge in [-0.05, 0) is 62.2 Å². The van der Waals surface area contributed by atoms with Gasteiger partial charge in [0, 0.05) is 50.9 Å². The van der Waals surface area contributed by atoms with E-state index in [4.69, 9.17) is 4.74 Å². The molecule has 0 N–H and O–H groups in total. The topological polar surface area (TPSA) is 31.8 Å². The number of piperazine rings is 1. The number of ether oxygens (including phenoxy) is 1. The van der Waals surface area contributed by atoms with E-state index in [1.54, 1.807) is 0 Å². The molecule has 0 spiro atoms. The second-order valence-corrected chi connectivity index (χ2v) is 9.72. The Balaban J connectivity index is 1.09. The van der Waals surface area contributed by atoms with Crippen LogP contribution in [0.1, 0.15) is 37.7 Å². The fourth-order valence-electron chi connectivity index (χ4n) is 5.32. The molecule has 0 bridgehead atoms. The molecule has 2 fully saturated rings. The lowest BCUT2D eigenvalue weighted by molar-refractivity contribution is 0.238. The summed E-state index contributed by atoms with van der Waals surface area (Å²) in [4.78, 5) is 12.3. The Morgan fingerprint density at radius 1 is 0.765 bits per heavy atom. The summed E-state index contributed by atoms with van der Waals surface area (Å²) in [5.74, 6) is 1.01. The number of anilines is 1. The molecule has 180 valence electrons. The lowest BCUT2D eigenvalue weighted by Gasteiger charge is -2.36. The van der Waals surface area contributed by atoms with E-state index in [1.165, 1.54) is 55.4 Å². The van der Waals surface area contributed by atoms with Gasteiger partial charge in [-0.3, -0.25) is 9.88 Å². The van der Waals surface area contributed by atoms with Crippen LogP contribution < -0.4 is 9.64 Å². The molecule has 3 aromatic rings. The molecule has 34 heavy (non-hydrogen) atoms. The van der Waals surface area contributed by atoms with Gasteiger partial charge in [0.2, 0.25) is 0 Å². The maximum Gasteiger partial charge on any atom is 0.119 e. The van der Waals surface area contributed by atoms with Crippen molar-refractivity contribution in [2.75, 3.05) is 57.3 Å². The van der Waals surface area contributed by atoms with Crippen LogP contribution in [-0.2, 0) is 6.54 Å². The van der Waals surface area contributed by atoms with Crippen LogP contribution in [0, 0.1) is 0 Å². The molecule has 5 heteroatoms. The van der Waals surface area contributed by atoms with Crippen LogP contribution >= 0.6 is 0 Å². The summed E-state index contributed by atoms with van der Waals surface area (Å²) in [6, 6.07) is 19.3. The summed E-state index contributed by atoms with van der Waals surface area (Å²) >= 11 is 0. The molecule has 0 unspecified atom stereocenters. The van der Waals surface area contributed by atoms with Gasteiger partial charge in [0.05, 0.1) is 17.8 Å². The van der Waals surface area contributed by atoms with Crippen molar-refractivity contribution in [3.05, 3.63) is 66.4 Å². The number of benzene rings is 2. The van der Waals surface area contributed by atoms with E-state index >= 15 is 0 Å². The fourth-order valence-corrected chi connectivity index (χ4v) is 5.32. The third-order valence-corrected chi connectivity index (χ3v) is 7.22. The molecule has 1 aromatic heterocycles. The van der Waals surface area contributed by atoms with Gasteiger partial charge in [0.1, 0.15) is 5.75 Å². The maximum absolute atomic E-state index is 6.11. The van der Waals surface area contributed by atoms with Crippen molar-refractivity contribution >= 4 is 16.6 Å². The molecule has 2 aromatic carbocycles. The first-order chi connectivity index (χ1) is 16.8. The van der Waals surface area contributed by atoms with E-state index < -0.39 is 0 Å². The van der Waals surface area contributed by atoms with E-state index in [0.717, 1.165) is 63.6 Å². The zero-order chi connectivity index (χ0) is 23.0. The largest absolute Gasteiger partial charge is 0.494 e. The number of hydrogen-bond donors (Lipinski definition) is 0. The molecular weight excluding hydrogens is 420 g/mol. The highest BCUT2D eigenvalue weighted by atomic mass is 16.5. The van der Waals surface area contributed by atoms with Crippen LogP contribution in [0.25, 0.3) is 10.9 Å². The number of aromatic nitrogens is 1. The smallest absolute Gasteiger partial charge is 0.119 e. The minimum absolute atomic E-state index is 0.803. The first-order valence-electron chi connectivity index (χ1n) is 13.1. The van der Waals surface area contributed by atoms with Crippen molar-refractivity contribution in [3.63, 3.8) is 0 Å². The highest BCUT2D eigenvalue weighted by molar-refractivity contribution is 5.90. The van der Waals surface area contributed by atoms with Crippen LogP contribution in [0.2, 0.25) is 0 Å². The molecule has 0 saturated carbocycles. The van der Waals surface area contributed by atoms with Gasteiger partial charge >= 0.3 is 0 Å². The van der Waals surface area contributed by atoms with Crippen molar-refractivity contribution < 1.29 is 4.74 Å². The molecule has 0 radical (unpaired) electrons. The molecular formula is C29H38N4O. The third kappa shape index (κ3) is 6.08. The van der Waals surface area contributed by atoms with Crippen molar-refractivity contribution in [1.29, 1.82) is 0 Å². The van der Waals surface area contributed by atoms with Crippen LogP contribution in [0.3, 0.4) is 0 Å². The van der Waals surface area contributed by atoms with E-state index in [-0.39, 0.29) is 0 Å². The van der Waals surface area contributed by atoms with Crippen molar-refractivity contribution in [3.8, 4) is 5.75 Å². The molecule has 0 atom stereocenters. The number of pyridine rings is 1. The summed E-state index contributed by atoms with van der Waals surface area (Å²) in [6.45, 7) is 9.65. The number of nitrogens with zero attached hydrogens (tertiary/aromatic N) is 4. The first kappa shape index (κ1) is 23.1. The number of para-hydroxylation sites is 1. The number of fused-ring (bicyclic) bond motifs is 1. The molecule has 2 saturated heterocycles. The Morgan fingerprint density at radius 2 is 1.56 bits per heavy atom. The minimum atomic E-state index is 0.803. The van der Waals surface area contributed by atoms with Gasteiger partial charge in [-0.1, -0.05) is 43.2 Å². The SMILES string of the molecule is c1cc(CN2CCN(c3cccc4cccnc34)CC2)cc(OCCCN2CCCCCC2)c1. The van der Waals surface area contributed by atoms with E-state index in [0.29, 0.717) is 0 Å². The summed E-state index contributed by atoms with van der Waals surface area (Å²) < 4.78 is 6.11. The average Bonchev–Trinajstić information content (AvgIpc) is 3.16. The van der Waals surface area contributed by atoms with Crippen LogP contribution in [0.15, 0.2) is 60.8 Å². The summed E-state index contributed by atoms with van der Waals surface area (Å²) in [7, 11) is 0. The third-order valence-electron chi connectivity index (χ3n) is 7.22. The fraction of sp³-hybridized carbons (Fsp3) is 0.483. The highest BCUT2D eigenvalue weighted by Gasteiger charge is 2.19. The number of likely N-dealkylation sites (tertiary alicyclic amines) is 1. The van der Waals surface area contributed by atoms with Crippen LogP contribution in [0.4, 0.5) is 5.69 Å². The standard InChI is InChI=1S/C29H38N4O/c1-2-4-16-31(15-3-1)17-8-22-34-27-12-5-9-25(23-27)24-32-18-20-33(21-19-32)28-13-6-10-26-11-7-14-30-29(26)28/h5-7,9-14,23H,1-4,8,15-22,24H2. The molecule has 5 nitrogen and oxygen atoms in total. The van der Waals surface area contributed by atoms with Gasteiger partial charge in [-0.25, -0.2) is 0 Å². The van der Waals surface area contributed by atoms with Gasteiger partial charge in [0.15, 0.2) is 0 Å². The summed E-state index contributed by atoms with van der Waals surface area (Å²) in [6.07, 6.45) is 8.51. The van der Waals surface area contributed by atoms with Crippen LogP contribution in [0.5, 0.6) is 5.75 Å². The van der Waals surface area contributed by atoms with Gasteiger partial charge < -0.3 is 14.5 Å². The molecule has 2 aliphatic rings. The van der Waals surface area contributed by atoms with Crippen LogP contribution in [-0.4, -0.2) is 67.2 Å². The second kappa shape index (κ2) is 11.7. The number of rotatable bonds is 8. The van der Waals surface area contributed by atoms with Gasteiger partial charge in [-0.2, -0.15) is 0 Å². The lowest BCUT2D eigenvalue weighted by atomic mass is 10.1. The normalized spacial score (nSPS) is 18.2. The summed E-state index contributed by atoms with van der Waals surface area (Å²) in [5, 5.41) is 1.21. The molecule has 0 aliphatic carbocycles. The highest BCUT2D eigenvalue weighted by Crippen LogP contribution is 2.26. The Morgan fingerprint density at radius 3 is 2.41 bits per heavy atom. The van der Waals surface area contributed by atoms with Crippen molar-refractivity contribution in [1.82, 2.24) is 14.8 Å². The quantitative estimate of drug-likeness (QED) is 0.433. The zero-order valence-electron chi connectivity index (χ0n) is 20.4. The molecule has 2 aliphatic heterocycles. The average molecular weight is 459 g/mol. The Kier molecular flexibility index (Phi) is 7.94. The predicted octanol–water partition coefficient (Wildman–Crippen LogP) is 5.20. The van der Waals surface area contributed by atoms with E-state index in [2.05, 4.69) is 68.2 Å². The van der Waals surface area contributed by atoms with Gasteiger partial charge in [-0.15, -0.1) is 0 Å². The van der Waals surface area contributed by atoms with Crippen molar-refractivity contribution in [2.24, 2.45) is 0 Å². The summed E-state index contributed by atoms with van der Waals surface area (Å²) in [5.41, 5.74) is 3.71. The zero-order valence-corrected chi connectivity index (χ0v) is 20.4. The second-order valence-electron chi connectivity index (χ2n) is 9.72. The Labute approximate surface area is 204 Å². The first-order valence-corrected chi connectivity index (χ1v) is 13.1. The van der Waals surface area contributed by atoms with E-state index in [1.807, 2.05) is 12.3 Å². The van der Waals surface area contributed by atoms with Gasteiger partial charge in [0.25, 0.3) is 0 Å². The molecule has 5 rings (SSSR count). The number of hydrogen-bond acceptors (Lipinski definition) is 5. The van der Waals surface area contributed by atoms with E-state index in [9.17, 15) is 0 Å². The predicted molar refractivity (Wildman–Crippen MR) is 141 cm³/mol. The maximum atomic E-state index is 6.11. The monoisotopic (exact) mass is 458 g/mol.